The molecule has 0 atom stereocenters. The monoisotopic (exact) mass is 345 g/mol. The van der Waals surface area contributed by atoms with Gasteiger partial charge in [-0.15, -0.1) is 0 Å². The number of nitrogens with zero attached hydrogens (tertiary/aromatic N) is 1. The lowest BCUT2D eigenvalue weighted by Gasteiger charge is -2.12. The maximum absolute atomic E-state index is 11.3. The third-order valence-corrected chi connectivity index (χ3v) is 3.66. The maximum Gasteiger partial charge on any atom is 0.278 e. The SMILES string of the molecule is C.C=Cc1c(Br)cc([N+](=O)[O-])c(-c2ccccc2)c1C=C. The highest BCUT2D eigenvalue weighted by Crippen LogP contribution is 2.40. The van der Waals surface area contributed by atoms with Crippen molar-refractivity contribution < 1.29 is 4.92 Å². The molecule has 3 nitrogen and oxygen atoms in total. The van der Waals surface area contributed by atoms with Gasteiger partial charge in [-0.25, -0.2) is 0 Å². The first kappa shape index (κ1) is 16.9. The van der Waals surface area contributed by atoms with Crippen molar-refractivity contribution in [1.82, 2.24) is 0 Å². The summed E-state index contributed by atoms with van der Waals surface area (Å²) in [6.07, 6.45) is 3.29. The molecule has 0 amide bonds. The fraction of sp³-hybridized carbons (Fsp3) is 0.0588. The molecule has 4 heteroatoms. The minimum absolute atomic E-state index is 0. The van der Waals surface area contributed by atoms with Crippen molar-refractivity contribution in [2.45, 2.75) is 7.43 Å². The van der Waals surface area contributed by atoms with E-state index in [4.69, 9.17) is 0 Å². The topological polar surface area (TPSA) is 43.1 Å². The number of hydrogen-bond donors (Lipinski definition) is 0. The molecular formula is C17H16BrNO2. The second kappa shape index (κ2) is 6.99. The summed E-state index contributed by atoms with van der Waals surface area (Å²) in [7, 11) is 0. The van der Waals surface area contributed by atoms with Crippen molar-refractivity contribution in [3.63, 3.8) is 0 Å². The van der Waals surface area contributed by atoms with Crippen LogP contribution in [-0.4, -0.2) is 4.92 Å². The molecule has 0 spiro atoms. The highest BCUT2D eigenvalue weighted by Gasteiger charge is 2.22. The fourth-order valence-corrected chi connectivity index (χ4v) is 2.74. The average Bonchev–Trinajstić information content (AvgIpc) is 2.46. The van der Waals surface area contributed by atoms with Crippen LogP contribution in [0.5, 0.6) is 0 Å². The molecule has 0 aliphatic carbocycles. The van der Waals surface area contributed by atoms with Gasteiger partial charge in [0.05, 0.1) is 10.5 Å². The van der Waals surface area contributed by atoms with Crippen LogP contribution in [-0.2, 0) is 0 Å². The Kier molecular flexibility index (Phi) is 5.61. The van der Waals surface area contributed by atoms with Crippen molar-refractivity contribution in [2.24, 2.45) is 0 Å². The standard InChI is InChI=1S/C16H12BrNO2.CH4/c1-3-12-13(4-2)16(11-8-6-5-7-9-11)15(18(19)20)10-14(12)17;/h3-10H,1-2H2;1H4. The Morgan fingerprint density at radius 3 is 2.14 bits per heavy atom. The van der Waals surface area contributed by atoms with Crippen molar-refractivity contribution in [3.05, 3.63) is 75.3 Å². The lowest BCUT2D eigenvalue weighted by atomic mass is 9.93. The molecule has 21 heavy (non-hydrogen) atoms. The summed E-state index contributed by atoms with van der Waals surface area (Å²) >= 11 is 3.35. The van der Waals surface area contributed by atoms with E-state index in [1.165, 1.54) is 6.07 Å². The van der Waals surface area contributed by atoms with Crippen molar-refractivity contribution >= 4 is 33.8 Å². The lowest BCUT2D eigenvalue weighted by Crippen LogP contribution is -1.97. The van der Waals surface area contributed by atoms with Gasteiger partial charge in [0.1, 0.15) is 0 Å². The number of hydrogen-bond acceptors (Lipinski definition) is 2. The molecule has 0 saturated heterocycles. The highest BCUT2D eigenvalue weighted by atomic mass is 79.9. The van der Waals surface area contributed by atoms with Gasteiger partial charge in [0.2, 0.25) is 0 Å². The van der Waals surface area contributed by atoms with E-state index >= 15 is 0 Å². The van der Waals surface area contributed by atoms with E-state index in [0.29, 0.717) is 15.6 Å². The predicted octanol–water partition coefficient (Wildman–Crippen LogP) is 5.95. The van der Waals surface area contributed by atoms with E-state index in [1.807, 2.05) is 30.3 Å². The van der Waals surface area contributed by atoms with Crippen LogP contribution in [0.2, 0.25) is 0 Å². The number of rotatable bonds is 4. The second-order valence-corrected chi connectivity index (χ2v) is 4.97. The third-order valence-electron chi connectivity index (χ3n) is 3.00. The minimum atomic E-state index is -0.382. The molecule has 0 heterocycles. The van der Waals surface area contributed by atoms with Gasteiger partial charge < -0.3 is 0 Å². The lowest BCUT2D eigenvalue weighted by molar-refractivity contribution is -0.384. The summed E-state index contributed by atoms with van der Waals surface area (Å²) in [5.41, 5.74) is 2.88. The van der Waals surface area contributed by atoms with Gasteiger partial charge in [0, 0.05) is 10.5 Å². The Hall–Kier alpha value is -2.20. The van der Waals surface area contributed by atoms with Crippen molar-refractivity contribution in [3.8, 4) is 11.1 Å². The van der Waals surface area contributed by atoms with E-state index in [1.54, 1.807) is 12.2 Å². The van der Waals surface area contributed by atoms with Gasteiger partial charge in [-0.1, -0.05) is 63.1 Å². The third kappa shape index (κ3) is 3.11. The zero-order chi connectivity index (χ0) is 14.7. The first-order valence-corrected chi connectivity index (χ1v) is 6.70. The van der Waals surface area contributed by atoms with Gasteiger partial charge in [-0.05, 0) is 32.6 Å². The van der Waals surface area contributed by atoms with Crippen LogP contribution in [0.3, 0.4) is 0 Å². The summed E-state index contributed by atoms with van der Waals surface area (Å²) in [4.78, 5) is 11.0. The second-order valence-electron chi connectivity index (χ2n) is 4.11. The van der Waals surface area contributed by atoms with Gasteiger partial charge in [-0.3, -0.25) is 10.1 Å². The predicted molar refractivity (Wildman–Crippen MR) is 93.1 cm³/mol. The molecule has 2 aromatic rings. The van der Waals surface area contributed by atoms with E-state index < -0.39 is 0 Å². The molecule has 0 saturated carbocycles. The molecule has 108 valence electrons. The Balaban J connectivity index is 0.00000220. The Bertz CT molecular complexity index is 694. The maximum atomic E-state index is 11.3. The van der Waals surface area contributed by atoms with Crippen LogP contribution in [0.15, 0.2) is 54.0 Å². The first-order valence-electron chi connectivity index (χ1n) is 5.91. The zero-order valence-electron chi connectivity index (χ0n) is 10.7. The highest BCUT2D eigenvalue weighted by molar-refractivity contribution is 9.10. The van der Waals surface area contributed by atoms with Crippen LogP contribution >= 0.6 is 15.9 Å². The number of benzene rings is 2. The molecular weight excluding hydrogens is 330 g/mol. The van der Waals surface area contributed by atoms with Gasteiger partial charge >= 0.3 is 0 Å². The van der Waals surface area contributed by atoms with Crippen LogP contribution < -0.4 is 0 Å². The molecule has 0 radical (unpaired) electrons. The summed E-state index contributed by atoms with van der Waals surface area (Å²) in [6, 6.07) is 10.8. The number of nitro groups is 1. The first-order chi connectivity index (χ1) is 9.60. The van der Waals surface area contributed by atoms with Crippen LogP contribution in [0, 0.1) is 10.1 Å². The number of nitro benzene ring substituents is 1. The Labute approximate surface area is 132 Å². The summed E-state index contributed by atoms with van der Waals surface area (Å²) in [5, 5.41) is 11.3. The molecule has 0 aromatic heterocycles. The minimum Gasteiger partial charge on any atom is -0.258 e. The Morgan fingerprint density at radius 2 is 1.67 bits per heavy atom. The summed E-state index contributed by atoms with van der Waals surface area (Å²) in [6.45, 7) is 7.54. The average molecular weight is 346 g/mol. The molecule has 0 aliphatic heterocycles. The molecule has 0 unspecified atom stereocenters. The van der Waals surface area contributed by atoms with Crippen molar-refractivity contribution in [1.29, 1.82) is 0 Å². The van der Waals surface area contributed by atoms with E-state index in [2.05, 4.69) is 29.1 Å². The summed E-state index contributed by atoms with van der Waals surface area (Å²) < 4.78 is 0.633. The zero-order valence-corrected chi connectivity index (χ0v) is 12.3. The smallest absolute Gasteiger partial charge is 0.258 e. The van der Waals surface area contributed by atoms with Crippen LogP contribution in [0.4, 0.5) is 5.69 Å². The Morgan fingerprint density at radius 1 is 1.10 bits per heavy atom. The van der Waals surface area contributed by atoms with Crippen molar-refractivity contribution in [2.75, 3.05) is 0 Å². The van der Waals surface area contributed by atoms with Crippen LogP contribution in [0.25, 0.3) is 23.3 Å². The summed E-state index contributed by atoms with van der Waals surface area (Å²) in [5.74, 6) is 0. The van der Waals surface area contributed by atoms with E-state index in [9.17, 15) is 10.1 Å². The largest absolute Gasteiger partial charge is 0.278 e. The molecule has 0 N–H and O–H groups in total. The van der Waals surface area contributed by atoms with E-state index in [0.717, 1.165) is 11.1 Å². The molecule has 2 rings (SSSR count). The molecule has 0 bridgehead atoms. The van der Waals surface area contributed by atoms with Gasteiger partial charge in [0.25, 0.3) is 5.69 Å². The number of halogens is 1. The van der Waals surface area contributed by atoms with Gasteiger partial charge in [-0.2, -0.15) is 0 Å². The van der Waals surface area contributed by atoms with Gasteiger partial charge in [0.15, 0.2) is 0 Å². The normalized spacial score (nSPS) is 9.57. The quantitative estimate of drug-likeness (QED) is 0.507. The fourth-order valence-electron chi connectivity index (χ4n) is 2.14. The molecule has 0 fully saturated rings. The van der Waals surface area contributed by atoms with Crippen LogP contribution in [0.1, 0.15) is 18.6 Å². The molecule has 2 aromatic carbocycles. The van der Waals surface area contributed by atoms with E-state index in [-0.39, 0.29) is 18.0 Å². The molecule has 0 aliphatic rings.